The minimum atomic E-state index is -0.494. The molecule has 4 unspecified atom stereocenters. The van der Waals surface area contributed by atoms with E-state index in [4.69, 9.17) is 0 Å². The fourth-order valence-corrected chi connectivity index (χ4v) is 7.47. The van der Waals surface area contributed by atoms with E-state index in [1.54, 1.807) is 0 Å². The Kier molecular flexibility index (Phi) is 4.42. The molecule has 4 heteroatoms. The highest BCUT2D eigenvalue weighted by Gasteiger charge is 2.62. The Bertz CT molecular complexity index is 968. The fourth-order valence-electron chi connectivity index (χ4n) is 7.47. The van der Waals surface area contributed by atoms with Crippen molar-refractivity contribution in [1.82, 2.24) is 0 Å². The summed E-state index contributed by atoms with van der Waals surface area (Å²) in [4.78, 5) is 27.1. The van der Waals surface area contributed by atoms with Crippen LogP contribution in [0, 0.1) is 33.5 Å². The van der Waals surface area contributed by atoms with Crippen molar-refractivity contribution in [3.63, 3.8) is 0 Å². The lowest BCUT2D eigenvalue weighted by Crippen LogP contribution is -2.38. The van der Waals surface area contributed by atoms with Gasteiger partial charge in [0.25, 0.3) is 0 Å². The molecule has 0 heterocycles. The van der Waals surface area contributed by atoms with Crippen LogP contribution in [-0.4, -0.2) is 11.8 Å². The molecule has 2 N–H and O–H groups in total. The van der Waals surface area contributed by atoms with E-state index in [1.807, 2.05) is 24.3 Å². The molecule has 4 fully saturated rings. The Balaban J connectivity index is 1.38. The van der Waals surface area contributed by atoms with Crippen LogP contribution < -0.4 is 10.6 Å². The van der Waals surface area contributed by atoms with Crippen LogP contribution in [0.2, 0.25) is 0 Å². The summed E-state index contributed by atoms with van der Waals surface area (Å²) in [6.45, 7) is 17.6. The normalized spacial score (nSPS) is 35.9. The predicted octanol–water partition coefficient (Wildman–Crippen LogP) is 6.33. The number of hydrogen-bond donors (Lipinski definition) is 2. The van der Waals surface area contributed by atoms with Crippen LogP contribution in [0.25, 0.3) is 0 Å². The Morgan fingerprint density at radius 1 is 0.781 bits per heavy atom. The van der Waals surface area contributed by atoms with Gasteiger partial charge in [-0.1, -0.05) is 64.1 Å². The number of rotatable bonds is 4. The number of nitrogens with one attached hydrogen (secondary N) is 2. The zero-order chi connectivity index (χ0) is 23.1. The molecule has 32 heavy (non-hydrogen) atoms. The molecule has 0 radical (unpaired) electrons. The molecule has 5 rings (SSSR count). The number of hydrogen-bond acceptors (Lipinski definition) is 2. The highest BCUT2D eigenvalue weighted by Crippen LogP contribution is 2.66. The van der Waals surface area contributed by atoms with E-state index in [0.717, 1.165) is 49.7 Å². The van der Waals surface area contributed by atoms with Crippen LogP contribution in [0.1, 0.15) is 66.2 Å². The van der Waals surface area contributed by atoms with Gasteiger partial charge in [-0.25, -0.2) is 0 Å². The Morgan fingerprint density at radius 3 is 1.47 bits per heavy atom. The molecule has 4 aliphatic rings. The van der Waals surface area contributed by atoms with Gasteiger partial charge in [0, 0.05) is 0 Å². The Morgan fingerprint density at radius 2 is 1.16 bits per heavy atom. The first-order valence-electron chi connectivity index (χ1n) is 12.1. The first-order chi connectivity index (χ1) is 14.9. The molecule has 1 aromatic rings. The summed E-state index contributed by atoms with van der Waals surface area (Å²) < 4.78 is 0. The predicted molar refractivity (Wildman–Crippen MR) is 129 cm³/mol. The van der Waals surface area contributed by atoms with E-state index in [-0.39, 0.29) is 22.6 Å². The number of carbonyl (C=O) groups is 2. The summed E-state index contributed by atoms with van der Waals surface area (Å²) in [5, 5.41) is 6.33. The van der Waals surface area contributed by atoms with Gasteiger partial charge in [0.05, 0.1) is 22.2 Å². The molecule has 0 saturated heterocycles. The van der Waals surface area contributed by atoms with Crippen LogP contribution >= 0.6 is 0 Å². The number of amides is 2. The van der Waals surface area contributed by atoms with Gasteiger partial charge in [0.15, 0.2) is 0 Å². The summed E-state index contributed by atoms with van der Waals surface area (Å²) in [7, 11) is 0. The van der Waals surface area contributed by atoms with Gasteiger partial charge in [0.1, 0.15) is 0 Å². The number of fused-ring (bicyclic) bond motifs is 4. The summed E-state index contributed by atoms with van der Waals surface area (Å²) in [6.07, 6.45) is 5.61. The maximum atomic E-state index is 13.6. The molecule has 0 spiro atoms. The standard InChI is InChI=1S/C28H36N2O2/c1-17-25(3,4)19-11-13-27(17,15-19)23(31)29-21-9-7-8-10-22(21)30-24(32)28-14-12-20(16-28)26(5,6)18(28)2/h7-10,19-20H,1-2,11-16H2,3-6H3,(H,29,31)(H,30,32). The monoisotopic (exact) mass is 432 g/mol. The zero-order valence-corrected chi connectivity index (χ0v) is 19.9. The van der Waals surface area contributed by atoms with Gasteiger partial charge in [-0.2, -0.15) is 0 Å². The van der Waals surface area contributed by atoms with Gasteiger partial charge in [0.2, 0.25) is 11.8 Å². The third-order valence-corrected chi connectivity index (χ3v) is 10.1. The van der Waals surface area contributed by atoms with Gasteiger partial charge in [-0.15, -0.1) is 0 Å². The number of para-hydroxylation sites is 2. The molecular formula is C28H36N2O2. The quantitative estimate of drug-likeness (QED) is 0.546. The second-order valence-electron chi connectivity index (χ2n) is 11.9. The SMILES string of the molecule is C=C1C2(C(=O)Nc3ccccc3NC(=O)C34CCC(C3)C(C)(C)C4=C)CCC(C2)C1(C)C. The van der Waals surface area contributed by atoms with Crippen molar-refractivity contribution in [2.45, 2.75) is 66.2 Å². The number of anilines is 2. The van der Waals surface area contributed by atoms with E-state index < -0.39 is 10.8 Å². The van der Waals surface area contributed by atoms with Crippen molar-refractivity contribution in [2.24, 2.45) is 33.5 Å². The molecule has 1 aromatic carbocycles. The van der Waals surface area contributed by atoms with Crippen LogP contribution in [0.5, 0.6) is 0 Å². The molecule has 4 saturated carbocycles. The van der Waals surface area contributed by atoms with E-state index >= 15 is 0 Å². The first-order valence-corrected chi connectivity index (χ1v) is 12.1. The summed E-state index contributed by atoms with van der Waals surface area (Å²) in [6, 6.07) is 7.55. The number of carbonyl (C=O) groups excluding carboxylic acids is 2. The second-order valence-corrected chi connectivity index (χ2v) is 11.9. The molecule has 0 aliphatic heterocycles. The average Bonchev–Trinajstić information content (AvgIpc) is 3.47. The molecular weight excluding hydrogens is 396 g/mol. The summed E-state index contributed by atoms with van der Waals surface area (Å²) in [5.41, 5.74) is 2.44. The van der Waals surface area contributed by atoms with E-state index in [9.17, 15) is 9.59 Å². The largest absolute Gasteiger partial charge is 0.324 e. The lowest BCUT2D eigenvalue weighted by atomic mass is 9.68. The van der Waals surface area contributed by atoms with E-state index in [2.05, 4.69) is 51.5 Å². The lowest BCUT2D eigenvalue weighted by molar-refractivity contribution is -0.124. The van der Waals surface area contributed by atoms with E-state index in [0.29, 0.717) is 23.2 Å². The smallest absolute Gasteiger partial charge is 0.234 e. The Hall–Kier alpha value is -2.36. The fraction of sp³-hybridized carbons (Fsp3) is 0.571. The van der Waals surface area contributed by atoms with Crippen molar-refractivity contribution in [3.8, 4) is 0 Å². The van der Waals surface area contributed by atoms with Gasteiger partial charge in [-0.3, -0.25) is 9.59 Å². The van der Waals surface area contributed by atoms with Crippen LogP contribution in [0.4, 0.5) is 11.4 Å². The molecule has 170 valence electrons. The van der Waals surface area contributed by atoms with Crippen LogP contribution in [-0.2, 0) is 9.59 Å². The van der Waals surface area contributed by atoms with Crippen molar-refractivity contribution >= 4 is 23.2 Å². The van der Waals surface area contributed by atoms with E-state index in [1.165, 1.54) is 0 Å². The van der Waals surface area contributed by atoms with Crippen molar-refractivity contribution in [2.75, 3.05) is 10.6 Å². The second kappa shape index (κ2) is 6.59. The van der Waals surface area contributed by atoms with Crippen molar-refractivity contribution in [3.05, 3.63) is 48.6 Å². The third kappa shape index (κ3) is 2.61. The summed E-state index contributed by atoms with van der Waals surface area (Å²) >= 11 is 0. The van der Waals surface area contributed by atoms with Crippen molar-refractivity contribution in [1.29, 1.82) is 0 Å². The minimum absolute atomic E-state index is 0.00284. The molecule has 0 aromatic heterocycles. The molecule has 4 nitrogen and oxygen atoms in total. The molecule has 4 bridgehead atoms. The highest BCUT2D eigenvalue weighted by molar-refractivity contribution is 6.05. The van der Waals surface area contributed by atoms with Gasteiger partial charge >= 0.3 is 0 Å². The third-order valence-electron chi connectivity index (χ3n) is 10.1. The molecule has 4 atom stereocenters. The van der Waals surface area contributed by atoms with Gasteiger partial charge in [-0.05, 0) is 73.3 Å². The van der Waals surface area contributed by atoms with Crippen LogP contribution in [0.3, 0.4) is 0 Å². The maximum Gasteiger partial charge on any atom is 0.234 e. The van der Waals surface area contributed by atoms with Crippen LogP contribution in [0.15, 0.2) is 48.6 Å². The molecule has 2 amide bonds. The Labute approximate surface area is 191 Å². The zero-order valence-electron chi connectivity index (χ0n) is 19.9. The van der Waals surface area contributed by atoms with Crippen molar-refractivity contribution < 1.29 is 9.59 Å². The summed E-state index contributed by atoms with van der Waals surface area (Å²) in [5.74, 6) is 1.06. The van der Waals surface area contributed by atoms with Gasteiger partial charge < -0.3 is 10.6 Å². The molecule has 4 aliphatic carbocycles. The highest BCUT2D eigenvalue weighted by atomic mass is 16.2. The first kappa shape index (κ1) is 21.5. The number of benzene rings is 1. The average molecular weight is 433 g/mol. The minimum Gasteiger partial charge on any atom is -0.324 e. The lowest BCUT2D eigenvalue weighted by Gasteiger charge is -2.37. The maximum absolute atomic E-state index is 13.6. The topological polar surface area (TPSA) is 58.2 Å².